The molecule has 5 rings (SSSR count). The molecule has 0 N–H and O–H groups in total. The number of pyridine rings is 1. The lowest BCUT2D eigenvalue weighted by Crippen LogP contribution is -2.31. The summed E-state index contributed by atoms with van der Waals surface area (Å²) < 4.78 is 38.6. The van der Waals surface area contributed by atoms with Gasteiger partial charge < -0.3 is 23.6 Å². The number of halogens is 2. The fourth-order valence-corrected chi connectivity index (χ4v) is 4.94. The van der Waals surface area contributed by atoms with Gasteiger partial charge in [0.05, 0.1) is 43.8 Å². The monoisotopic (exact) mass is 533 g/mol. The first-order valence-electron chi connectivity index (χ1n) is 12.3. The van der Waals surface area contributed by atoms with E-state index in [0.29, 0.717) is 18.1 Å². The van der Waals surface area contributed by atoms with Crippen LogP contribution >= 0.6 is 11.6 Å². The minimum absolute atomic E-state index is 0.0151. The van der Waals surface area contributed by atoms with Crippen molar-refractivity contribution in [3.05, 3.63) is 51.4 Å². The molecule has 0 aromatic carbocycles. The second-order valence-corrected chi connectivity index (χ2v) is 9.58. The van der Waals surface area contributed by atoms with Gasteiger partial charge in [-0.3, -0.25) is 4.79 Å². The average molecular weight is 534 g/mol. The Hall–Kier alpha value is -3.02. The summed E-state index contributed by atoms with van der Waals surface area (Å²) in [7, 11) is 0. The predicted octanol–water partition coefficient (Wildman–Crippen LogP) is 3.71. The van der Waals surface area contributed by atoms with Crippen LogP contribution in [0.1, 0.15) is 30.7 Å². The van der Waals surface area contributed by atoms with E-state index in [1.54, 1.807) is 17.2 Å². The molecule has 2 fully saturated rings. The van der Waals surface area contributed by atoms with Crippen molar-refractivity contribution in [1.29, 1.82) is 0 Å². The van der Waals surface area contributed by atoms with E-state index >= 15 is 0 Å². The van der Waals surface area contributed by atoms with Crippen LogP contribution in [0.15, 0.2) is 33.8 Å². The Morgan fingerprint density at radius 3 is 2.89 bits per heavy atom. The Bertz CT molecular complexity index is 1280. The number of alkyl halides is 1. The first-order valence-corrected chi connectivity index (χ1v) is 12.7. The summed E-state index contributed by atoms with van der Waals surface area (Å²) in [6.45, 7) is 5.08. The van der Waals surface area contributed by atoms with E-state index in [9.17, 15) is 9.18 Å². The highest BCUT2D eigenvalue weighted by molar-refractivity contribution is 6.33. The molecule has 0 amide bonds. The molecule has 2 aliphatic heterocycles. The van der Waals surface area contributed by atoms with Crippen LogP contribution in [0.25, 0.3) is 11.1 Å². The van der Waals surface area contributed by atoms with Crippen LogP contribution in [-0.4, -0.2) is 64.8 Å². The Labute approximate surface area is 218 Å². The highest BCUT2D eigenvalue weighted by Crippen LogP contribution is 2.31. The molecule has 198 valence electrons. The largest absolute Gasteiger partial charge is 0.469 e. The summed E-state index contributed by atoms with van der Waals surface area (Å²) in [5, 5.41) is 8.18. The van der Waals surface area contributed by atoms with Gasteiger partial charge in [0, 0.05) is 24.4 Å². The second-order valence-electron chi connectivity index (χ2n) is 9.20. The molecule has 3 atom stereocenters. The number of hydrogen-bond acceptors (Lipinski definition) is 9. The van der Waals surface area contributed by atoms with Crippen molar-refractivity contribution in [1.82, 2.24) is 19.9 Å². The number of aromatic nitrogens is 4. The molecule has 1 unspecified atom stereocenters. The molecule has 5 heterocycles. The molecule has 10 nitrogen and oxygen atoms in total. The third kappa shape index (κ3) is 5.63. The van der Waals surface area contributed by atoms with Crippen LogP contribution in [-0.2, 0) is 16.0 Å². The first-order chi connectivity index (χ1) is 17.9. The van der Waals surface area contributed by atoms with Crippen molar-refractivity contribution in [3.63, 3.8) is 0 Å². The first kappa shape index (κ1) is 25.6. The van der Waals surface area contributed by atoms with Crippen LogP contribution in [0.2, 0.25) is 5.02 Å². The summed E-state index contributed by atoms with van der Waals surface area (Å²) in [6.07, 6.45) is 3.65. The van der Waals surface area contributed by atoms with Crippen LogP contribution in [0.4, 0.5) is 10.1 Å². The van der Waals surface area contributed by atoms with E-state index in [1.807, 2.05) is 19.9 Å². The molecule has 2 aliphatic rings. The molecule has 0 bridgehead atoms. The molecule has 3 aromatic heterocycles. The summed E-state index contributed by atoms with van der Waals surface area (Å²) in [4.78, 5) is 18.7. The van der Waals surface area contributed by atoms with Gasteiger partial charge in [0.15, 0.2) is 18.6 Å². The second kappa shape index (κ2) is 11.2. The van der Waals surface area contributed by atoms with Crippen molar-refractivity contribution in [2.45, 2.75) is 58.2 Å². The van der Waals surface area contributed by atoms with Gasteiger partial charge in [0.25, 0.3) is 5.56 Å². The number of ether oxygens (including phenoxy) is 3. The molecule has 0 radical (unpaired) electrons. The van der Waals surface area contributed by atoms with E-state index in [1.165, 1.54) is 10.9 Å². The van der Waals surface area contributed by atoms with E-state index in [4.69, 9.17) is 30.3 Å². The van der Waals surface area contributed by atoms with Crippen molar-refractivity contribution in [2.75, 3.05) is 31.2 Å². The van der Waals surface area contributed by atoms with Gasteiger partial charge in [-0.1, -0.05) is 16.8 Å². The zero-order valence-electron chi connectivity index (χ0n) is 20.7. The molecule has 37 heavy (non-hydrogen) atoms. The highest BCUT2D eigenvalue weighted by atomic mass is 35.5. The SMILES string of the molecule is Cc1noc(C)c1-c1ccnc(O[C@H]2CN(c3cnn(CCOC4CCCCO4)c(=O)c3Cl)C[C@@H]2F)c1. The van der Waals surface area contributed by atoms with E-state index in [-0.39, 0.29) is 43.4 Å². The fraction of sp³-hybridized carbons (Fsp3) is 0.520. The molecule has 3 aromatic rings. The zero-order valence-corrected chi connectivity index (χ0v) is 21.5. The molecule has 0 saturated carbocycles. The molecule has 0 spiro atoms. The summed E-state index contributed by atoms with van der Waals surface area (Å²) >= 11 is 6.40. The third-order valence-electron chi connectivity index (χ3n) is 6.58. The van der Waals surface area contributed by atoms with E-state index < -0.39 is 17.8 Å². The Morgan fingerprint density at radius 1 is 1.27 bits per heavy atom. The number of rotatable bonds is 8. The quantitative estimate of drug-likeness (QED) is 0.428. The number of aryl methyl sites for hydroxylation is 2. The standard InChI is InChI=1S/C25H29ClFN5O5/c1-15-23(16(2)37-30-15)17-6-7-28-21(11-17)36-20-14-31(13-18(20)27)19-12-29-32(25(33)24(19)26)8-10-35-22-5-3-4-9-34-22/h6-7,11-12,18,20,22H,3-5,8-10,13-14H2,1-2H3/t18-,20-,22?/m0/s1. The molecule has 2 saturated heterocycles. The van der Waals surface area contributed by atoms with E-state index in [2.05, 4.69) is 15.2 Å². The zero-order chi connectivity index (χ0) is 25.9. The average Bonchev–Trinajstić information content (AvgIpc) is 3.43. The predicted molar refractivity (Wildman–Crippen MR) is 134 cm³/mol. The maximum absolute atomic E-state index is 15.0. The molecular formula is C25H29ClFN5O5. The summed E-state index contributed by atoms with van der Waals surface area (Å²) in [6, 6.07) is 3.55. The smallest absolute Gasteiger partial charge is 0.287 e. The lowest BCUT2D eigenvalue weighted by atomic mass is 10.1. The topological polar surface area (TPSA) is 105 Å². The molecule has 12 heteroatoms. The minimum atomic E-state index is -1.31. The highest BCUT2D eigenvalue weighted by Gasteiger charge is 2.36. The lowest BCUT2D eigenvalue weighted by Gasteiger charge is -2.23. The van der Waals surface area contributed by atoms with Crippen molar-refractivity contribution < 1.29 is 23.1 Å². The van der Waals surface area contributed by atoms with Gasteiger partial charge in [-0.05, 0) is 44.7 Å². The van der Waals surface area contributed by atoms with Gasteiger partial charge in [0.2, 0.25) is 5.88 Å². The molecular weight excluding hydrogens is 505 g/mol. The van der Waals surface area contributed by atoms with Gasteiger partial charge in [-0.15, -0.1) is 0 Å². The third-order valence-corrected chi connectivity index (χ3v) is 6.93. The number of anilines is 1. The van der Waals surface area contributed by atoms with Crippen molar-refractivity contribution in [2.24, 2.45) is 0 Å². The van der Waals surface area contributed by atoms with E-state index in [0.717, 1.165) is 36.1 Å². The van der Waals surface area contributed by atoms with Crippen LogP contribution in [0.5, 0.6) is 5.88 Å². The molecule has 0 aliphatic carbocycles. The van der Waals surface area contributed by atoms with Crippen LogP contribution in [0, 0.1) is 13.8 Å². The summed E-state index contributed by atoms with van der Waals surface area (Å²) in [5.41, 5.74) is 2.33. The Morgan fingerprint density at radius 2 is 2.14 bits per heavy atom. The lowest BCUT2D eigenvalue weighted by molar-refractivity contribution is -0.163. The Kier molecular flexibility index (Phi) is 7.73. The normalized spacial score (nSPS) is 21.9. The van der Waals surface area contributed by atoms with Gasteiger partial charge in [0.1, 0.15) is 10.8 Å². The number of hydrogen-bond donors (Lipinski definition) is 0. The number of nitrogens with zero attached hydrogens (tertiary/aromatic N) is 5. The minimum Gasteiger partial charge on any atom is -0.469 e. The van der Waals surface area contributed by atoms with Gasteiger partial charge in [-0.25, -0.2) is 14.1 Å². The fourth-order valence-electron chi connectivity index (χ4n) is 4.67. The maximum atomic E-state index is 15.0. The van der Waals surface area contributed by atoms with Crippen molar-refractivity contribution in [3.8, 4) is 17.0 Å². The summed E-state index contributed by atoms with van der Waals surface area (Å²) in [5.74, 6) is 0.962. The van der Waals surface area contributed by atoms with Crippen molar-refractivity contribution >= 4 is 17.3 Å². The van der Waals surface area contributed by atoms with Crippen LogP contribution in [0.3, 0.4) is 0 Å². The maximum Gasteiger partial charge on any atom is 0.287 e. The van der Waals surface area contributed by atoms with Gasteiger partial charge in [-0.2, -0.15) is 5.10 Å². The Balaban J connectivity index is 1.23. The van der Waals surface area contributed by atoms with Gasteiger partial charge >= 0.3 is 0 Å². The van der Waals surface area contributed by atoms with Crippen LogP contribution < -0.4 is 15.2 Å².